The molecule has 1 aromatic heterocycles. The third-order valence-corrected chi connectivity index (χ3v) is 6.84. The van der Waals surface area contributed by atoms with Crippen LogP contribution in [0.25, 0.3) is 33.5 Å². The summed E-state index contributed by atoms with van der Waals surface area (Å²) in [7, 11) is 0. The van der Waals surface area contributed by atoms with Gasteiger partial charge in [-0.25, -0.2) is 14.8 Å². The summed E-state index contributed by atoms with van der Waals surface area (Å²) in [6, 6.07) is 26.3. The molecule has 5 aromatic rings. The van der Waals surface area contributed by atoms with Crippen molar-refractivity contribution in [3.63, 3.8) is 0 Å². The molecule has 1 amide bonds. The summed E-state index contributed by atoms with van der Waals surface area (Å²) in [4.78, 5) is 35.6. The number of esters is 1. The molecule has 1 aliphatic heterocycles. The van der Waals surface area contributed by atoms with E-state index in [2.05, 4.69) is 5.32 Å². The van der Waals surface area contributed by atoms with Crippen LogP contribution < -0.4 is 14.8 Å². The first-order valence-electron chi connectivity index (χ1n) is 13.2. The number of benzene rings is 4. The molecule has 1 unspecified atom stereocenters. The molecule has 0 saturated heterocycles. The van der Waals surface area contributed by atoms with Crippen LogP contribution in [0.2, 0.25) is 0 Å². The Balaban J connectivity index is 1.26. The predicted molar refractivity (Wildman–Crippen MR) is 156 cm³/mol. The smallest absolute Gasteiger partial charge is 0.338 e. The molecule has 0 spiro atoms. The SMILES string of the molecule is Cc1ccc(-c2nc3ccc(C(=O)OC(C)C(=O)Nc4ccc5c(c4)OCO5)cc3nc2-c2ccc(C)cc2)cc1. The number of aryl methyl sites for hydroxylation is 2. The lowest BCUT2D eigenvalue weighted by atomic mass is 10.0. The molecule has 1 aliphatic rings. The maximum atomic E-state index is 13.0. The first-order chi connectivity index (χ1) is 19.8. The fraction of sp³-hybridized carbons (Fsp3) is 0.152. The van der Waals surface area contributed by atoms with Gasteiger partial charge < -0.3 is 19.5 Å². The summed E-state index contributed by atoms with van der Waals surface area (Å²) in [6.45, 7) is 5.73. The van der Waals surface area contributed by atoms with Gasteiger partial charge in [0.1, 0.15) is 0 Å². The van der Waals surface area contributed by atoms with Crippen LogP contribution in [0.15, 0.2) is 84.9 Å². The lowest BCUT2D eigenvalue weighted by Gasteiger charge is -2.14. The van der Waals surface area contributed by atoms with E-state index in [9.17, 15) is 9.59 Å². The first kappa shape index (κ1) is 26.0. The molecular formula is C33H27N3O5. The molecule has 0 fully saturated rings. The van der Waals surface area contributed by atoms with E-state index in [0.29, 0.717) is 33.9 Å². The van der Waals surface area contributed by atoms with E-state index < -0.39 is 18.0 Å². The number of nitrogens with zero attached hydrogens (tertiary/aromatic N) is 2. The first-order valence-corrected chi connectivity index (χ1v) is 13.2. The average Bonchev–Trinajstić information content (AvgIpc) is 3.45. The van der Waals surface area contributed by atoms with Crippen molar-refractivity contribution in [2.75, 3.05) is 12.1 Å². The summed E-state index contributed by atoms with van der Waals surface area (Å²) < 4.78 is 16.1. The number of fused-ring (bicyclic) bond motifs is 2. The fourth-order valence-corrected chi connectivity index (χ4v) is 4.51. The number of nitrogens with one attached hydrogen (secondary N) is 1. The van der Waals surface area contributed by atoms with Gasteiger partial charge in [-0.2, -0.15) is 0 Å². The van der Waals surface area contributed by atoms with Crippen molar-refractivity contribution in [3.8, 4) is 34.0 Å². The summed E-state index contributed by atoms with van der Waals surface area (Å²) >= 11 is 0. The zero-order valence-corrected chi connectivity index (χ0v) is 22.8. The molecule has 4 aromatic carbocycles. The Hall–Kier alpha value is -5.24. The summed E-state index contributed by atoms with van der Waals surface area (Å²) in [6.07, 6.45) is -1.04. The van der Waals surface area contributed by atoms with Crippen molar-refractivity contribution in [2.24, 2.45) is 0 Å². The Morgan fingerprint density at radius 2 is 1.37 bits per heavy atom. The minimum atomic E-state index is -1.04. The van der Waals surface area contributed by atoms with Gasteiger partial charge in [0.15, 0.2) is 17.6 Å². The maximum absolute atomic E-state index is 13.0. The van der Waals surface area contributed by atoms with Crippen LogP contribution in [0.3, 0.4) is 0 Å². The second-order valence-corrected chi connectivity index (χ2v) is 9.96. The Morgan fingerprint density at radius 3 is 2.02 bits per heavy atom. The minimum absolute atomic E-state index is 0.136. The lowest BCUT2D eigenvalue weighted by molar-refractivity contribution is -0.123. The highest BCUT2D eigenvalue weighted by Crippen LogP contribution is 2.34. The van der Waals surface area contributed by atoms with E-state index in [-0.39, 0.29) is 12.4 Å². The molecule has 2 heterocycles. The molecule has 6 rings (SSSR count). The third kappa shape index (κ3) is 5.45. The van der Waals surface area contributed by atoms with Crippen LogP contribution in [0.1, 0.15) is 28.4 Å². The van der Waals surface area contributed by atoms with Gasteiger partial charge in [0, 0.05) is 22.9 Å². The highest BCUT2D eigenvalue weighted by molar-refractivity contribution is 5.99. The molecule has 0 saturated carbocycles. The van der Waals surface area contributed by atoms with Crippen LogP contribution in [0.4, 0.5) is 5.69 Å². The van der Waals surface area contributed by atoms with Gasteiger partial charge in [0.05, 0.1) is 28.0 Å². The second kappa shape index (κ2) is 10.7. The quantitative estimate of drug-likeness (QED) is 0.243. The monoisotopic (exact) mass is 545 g/mol. The van der Waals surface area contributed by atoms with E-state index in [4.69, 9.17) is 24.2 Å². The summed E-state index contributed by atoms with van der Waals surface area (Å²) in [5, 5.41) is 2.74. The Morgan fingerprint density at radius 1 is 0.756 bits per heavy atom. The minimum Gasteiger partial charge on any atom is -0.454 e. The summed E-state index contributed by atoms with van der Waals surface area (Å²) in [5.74, 6) is 0.0439. The van der Waals surface area contributed by atoms with E-state index in [1.165, 1.54) is 6.92 Å². The lowest BCUT2D eigenvalue weighted by Crippen LogP contribution is -2.30. The standard InChI is InChI=1S/C33H27N3O5/c1-19-4-8-22(9-5-19)30-31(23-10-6-20(2)7-11-23)36-27-16-24(12-14-26(27)35-30)33(38)41-21(3)32(37)34-25-13-15-28-29(17-25)40-18-39-28/h4-17,21H,18H2,1-3H3,(H,34,37). The number of hydrogen-bond acceptors (Lipinski definition) is 7. The number of amides is 1. The number of carbonyl (C=O) groups is 2. The highest BCUT2D eigenvalue weighted by Gasteiger charge is 2.22. The third-order valence-electron chi connectivity index (χ3n) is 6.84. The largest absolute Gasteiger partial charge is 0.454 e. The van der Waals surface area contributed by atoms with Crippen molar-refractivity contribution in [1.82, 2.24) is 9.97 Å². The average molecular weight is 546 g/mol. The second-order valence-electron chi connectivity index (χ2n) is 9.96. The molecule has 8 heteroatoms. The van der Waals surface area contributed by atoms with E-state index in [1.807, 2.05) is 62.4 Å². The van der Waals surface area contributed by atoms with Crippen molar-refractivity contribution in [1.29, 1.82) is 0 Å². The van der Waals surface area contributed by atoms with Gasteiger partial charge in [-0.1, -0.05) is 59.7 Å². The zero-order chi connectivity index (χ0) is 28.5. The number of aromatic nitrogens is 2. The fourth-order valence-electron chi connectivity index (χ4n) is 4.51. The van der Waals surface area contributed by atoms with Crippen molar-refractivity contribution in [2.45, 2.75) is 26.9 Å². The molecule has 0 aliphatic carbocycles. The molecule has 0 radical (unpaired) electrons. The van der Waals surface area contributed by atoms with Crippen LogP contribution in [0.5, 0.6) is 11.5 Å². The number of rotatable bonds is 6. The summed E-state index contributed by atoms with van der Waals surface area (Å²) in [5.41, 5.74) is 7.60. The number of ether oxygens (including phenoxy) is 3. The number of anilines is 1. The van der Waals surface area contributed by atoms with E-state index in [0.717, 1.165) is 27.9 Å². The van der Waals surface area contributed by atoms with E-state index >= 15 is 0 Å². The molecule has 1 N–H and O–H groups in total. The zero-order valence-electron chi connectivity index (χ0n) is 22.8. The normalized spacial score (nSPS) is 12.7. The Bertz CT molecular complexity index is 1780. The van der Waals surface area contributed by atoms with Crippen LogP contribution in [-0.4, -0.2) is 34.7 Å². The molecule has 0 bridgehead atoms. The van der Waals surface area contributed by atoms with Gasteiger partial charge in [-0.3, -0.25) is 4.79 Å². The predicted octanol–water partition coefficient (Wildman–Crippen LogP) is 6.49. The van der Waals surface area contributed by atoms with Gasteiger partial charge in [-0.15, -0.1) is 0 Å². The van der Waals surface area contributed by atoms with Crippen LogP contribution >= 0.6 is 0 Å². The van der Waals surface area contributed by atoms with Crippen molar-refractivity contribution < 1.29 is 23.8 Å². The van der Waals surface area contributed by atoms with Crippen LogP contribution in [-0.2, 0) is 9.53 Å². The molecule has 1 atom stereocenters. The van der Waals surface area contributed by atoms with Gasteiger partial charge in [0.25, 0.3) is 5.91 Å². The van der Waals surface area contributed by atoms with Crippen molar-refractivity contribution in [3.05, 3.63) is 102 Å². The highest BCUT2D eigenvalue weighted by atomic mass is 16.7. The number of carbonyl (C=O) groups excluding carboxylic acids is 2. The maximum Gasteiger partial charge on any atom is 0.338 e. The Kier molecular flexibility index (Phi) is 6.81. The molecule has 204 valence electrons. The van der Waals surface area contributed by atoms with Gasteiger partial charge in [0.2, 0.25) is 6.79 Å². The molecule has 41 heavy (non-hydrogen) atoms. The van der Waals surface area contributed by atoms with Gasteiger partial charge in [-0.05, 0) is 51.1 Å². The molecular weight excluding hydrogens is 518 g/mol. The van der Waals surface area contributed by atoms with Crippen LogP contribution in [0, 0.1) is 13.8 Å². The van der Waals surface area contributed by atoms with E-state index in [1.54, 1.807) is 36.4 Å². The topological polar surface area (TPSA) is 99.6 Å². The molecule has 8 nitrogen and oxygen atoms in total. The van der Waals surface area contributed by atoms with Crippen molar-refractivity contribution >= 4 is 28.6 Å². The van der Waals surface area contributed by atoms with Gasteiger partial charge >= 0.3 is 5.97 Å². The number of hydrogen-bond donors (Lipinski definition) is 1. The Labute approximate surface area is 236 Å².